The van der Waals surface area contributed by atoms with Crippen molar-refractivity contribution in [3.8, 4) is 0 Å². The van der Waals surface area contributed by atoms with E-state index in [1.54, 1.807) is 22.7 Å². The van der Waals surface area contributed by atoms with Crippen LogP contribution in [0.1, 0.15) is 34.4 Å². The lowest BCUT2D eigenvalue weighted by Crippen LogP contribution is -2.30. The Morgan fingerprint density at radius 1 is 1.30 bits per heavy atom. The summed E-state index contributed by atoms with van der Waals surface area (Å²) in [6, 6.07) is 6.08. The highest BCUT2D eigenvalue weighted by molar-refractivity contribution is 7.21. The maximum absolute atomic E-state index is 12.7. The number of hydrogen-bond acceptors (Lipinski definition) is 5. The van der Waals surface area contributed by atoms with Crippen molar-refractivity contribution in [2.24, 2.45) is 5.92 Å². The van der Waals surface area contributed by atoms with Crippen LogP contribution >= 0.6 is 34.0 Å². The number of rotatable bonds is 4. The van der Waals surface area contributed by atoms with Crippen LogP contribution in [-0.2, 0) is 0 Å². The van der Waals surface area contributed by atoms with Gasteiger partial charge in [0, 0.05) is 16.5 Å². The standard InChI is InChI=1S/C16H15N3OS3/c1-9(2)13(11-4-3-6-21-11)17-14(20)12-8-10-15(23-12)18-16-19(10)5-7-22-16/h3-9,13H,1-2H3,(H,17,20). The van der Waals surface area contributed by atoms with Gasteiger partial charge in [0.1, 0.15) is 4.83 Å². The number of thiophene rings is 2. The zero-order chi connectivity index (χ0) is 16.0. The Morgan fingerprint density at radius 3 is 2.91 bits per heavy atom. The van der Waals surface area contributed by atoms with Gasteiger partial charge in [-0.1, -0.05) is 19.9 Å². The van der Waals surface area contributed by atoms with Crippen molar-refractivity contribution < 1.29 is 4.79 Å². The Bertz CT molecular complexity index is 962. The molecule has 0 aliphatic carbocycles. The molecule has 0 fully saturated rings. The third-order valence-corrected chi connectivity index (χ3v) is 6.50. The molecule has 1 unspecified atom stereocenters. The van der Waals surface area contributed by atoms with Gasteiger partial charge in [-0.3, -0.25) is 9.20 Å². The first-order valence-electron chi connectivity index (χ1n) is 7.33. The van der Waals surface area contributed by atoms with Crippen LogP contribution in [0.15, 0.2) is 35.2 Å². The first-order chi connectivity index (χ1) is 11.1. The Morgan fingerprint density at radius 2 is 2.17 bits per heavy atom. The zero-order valence-corrected chi connectivity index (χ0v) is 15.1. The van der Waals surface area contributed by atoms with E-state index in [0.717, 1.165) is 15.3 Å². The lowest BCUT2D eigenvalue weighted by atomic mass is 10.0. The second kappa shape index (κ2) is 5.74. The van der Waals surface area contributed by atoms with Crippen LogP contribution in [0.2, 0.25) is 0 Å². The largest absolute Gasteiger partial charge is 0.343 e. The van der Waals surface area contributed by atoms with E-state index >= 15 is 0 Å². The number of carbonyl (C=O) groups excluding carboxylic acids is 1. The highest BCUT2D eigenvalue weighted by Crippen LogP contribution is 2.30. The molecule has 7 heteroatoms. The predicted molar refractivity (Wildman–Crippen MR) is 97.8 cm³/mol. The van der Waals surface area contributed by atoms with Crippen LogP contribution in [-0.4, -0.2) is 15.3 Å². The van der Waals surface area contributed by atoms with Crippen molar-refractivity contribution >= 4 is 55.2 Å². The number of nitrogens with zero attached hydrogens (tertiary/aromatic N) is 2. The summed E-state index contributed by atoms with van der Waals surface area (Å²) < 4.78 is 2.03. The van der Waals surface area contributed by atoms with E-state index in [4.69, 9.17) is 0 Å². The summed E-state index contributed by atoms with van der Waals surface area (Å²) in [4.78, 5) is 21.0. The quantitative estimate of drug-likeness (QED) is 0.567. The number of aromatic nitrogens is 2. The third-order valence-electron chi connectivity index (χ3n) is 3.77. The van der Waals surface area contributed by atoms with Gasteiger partial charge in [-0.2, -0.15) is 0 Å². The van der Waals surface area contributed by atoms with Crippen molar-refractivity contribution in [3.05, 3.63) is 44.9 Å². The molecule has 0 spiro atoms. The van der Waals surface area contributed by atoms with Gasteiger partial charge in [0.15, 0.2) is 4.96 Å². The summed E-state index contributed by atoms with van der Waals surface area (Å²) in [7, 11) is 0. The average molecular weight is 362 g/mol. The molecular formula is C16H15N3OS3. The van der Waals surface area contributed by atoms with Gasteiger partial charge >= 0.3 is 0 Å². The molecule has 23 heavy (non-hydrogen) atoms. The number of nitrogens with one attached hydrogen (secondary N) is 1. The zero-order valence-electron chi connectivity index (χ0n) is 12.6. The van der Waals surface area contributed by atoms with E-state index in [2.05, 4.69) is 30.2 Å². The molecule has 0 saturated carbocycles. The molecule has 4 aromatic heterocycles. The second-order valence-corrected chi connectivity index (χ2v) is 8.56. The first-order valence-corrected chi connectivity index (χ1v) is 9.90. The molecule has 0 aliphatic heterocycles. The summed E-state index contributed by atoms with van der Waals surface area (Å²) in [5.74, 6) is 0.316. The SMILES string of the molecule is CC(C)C(NC(=O)c1cc2c(nc3sccn32)s1)c1cccs1. The fourth-order valence-corrected chi connectivity index (χ4v) is 5.26. The molecule has 118 valence electrons. The van der Waals surface area contributed by atoms with Gasteiger partial charge in [-0.05, 0) is 23.4 Å². The van der Waals surface area contributed by atoms with Crippen molar-refractivity contribution in [3.63, 3.8) is 0 Å². The van der Waals surface area contributed by atoms with E-state index in [-0.39, 0.29) is 11.9 Å². The smallest absolute Gasteiger partial charge is 0.262 e. The molecule has 1 atom stereocenters. The first kappa shape index (κ1) is 14.9. The third kappa shape index (κ3) is 2.58. The Hall–Kier alpha value is -1.70. The molecule has 1 N–H and O–H groups in total. The number of hydrogen-bond donors (Lipinski definition) is 1. The molecule has 1 amide bonds. The van der Waals surface area contributed by atoms with E-state index in [0.29, 0.717) is 10.8 Å². The fraction of sp³-hybridized carbons (Fsp3) is 0.250. The maximum atomic E-state index is 12.7. The normalized spacial score (nSPS) is 13.2. The van der Waals surface area contributed by atoms with Gasteiger partial charge in [-0.25, -0.2) is 4.98 Å². The Labute approximate surface area is 145 Å². The van der Waals surface area contributed by atoms with E-state index in [9.17, 15) is 4.79 Å². The van der Waals surface area contributed by atoms with Crippen LogP contribution in [0, 0.1) is 5.92 Å². The van der Waals surface area contributed by atoms with Gasteiger partial charge in [0.25, 0.3) is 5.91 Å². The second-order valence-electron chi connectivity index (χ2n) is 5.68. The molecule has 4 nitrogen and oxygen atoms in total. The molecule has 0 aliphatic rings. The summed E-state index contributed by atoms with van der Waals surface area (Å²) in [5.41, 5.74) is 1.01. The van der Waals surface area contributed by atoms with Crippen molar-refractivity contribution in [2.45, 2.75) is 19.9 Å². The Balaban J connectivity index is 1.64. The van der Waals surface area contributed by atoms with Gasteiger partial charge in [0.2, 0.25) is 0 Å². The Kier molecular flexibility index (Phi) is 3.71. The van der Waals surface area contributed by atoms with Crippen LogP contribution in [0.5, 0.6) is 0 Å². The van der Waals surface area contributed by atoms with Crippen LogP contribution in [0.25, 0.3) is 15.3 Å². The molecule has 4 heterocycles. The number of thiazole rings is 1. The van der Waals surface area contributed by atoms with Crippen LogP contribution in [0.4, 0.5) is 0 Å². The number of carbonyl (C=O) groups is 1. The molecular weight excluding hydrogens is 346 g/mol. The van der Waals surface area contributed by atoms with E-state index in [1.807, 2.05) is 33.5 Å². The minimum atomic E-state index is -0.0240. The maximum Gasteiger partial charge on any atom is 0.262 e. The van der Waals surface area contributed by atoms with Crippen LogP contribution in [0.3, 0.4) is 0 Å². The summed E-state index contributed by atoms with van der Waals surface area (Å²) in [5, 5.41) is 7.23. The van der Waals surface area contributed by atoms with Crippen molar-refractivity contribution in [1.82, 2.24) is 14.7 Å². The van der Waals surface area contributed by atoms with E-state index in [1.165, 1.54) is 16.2 Å². The summed E-state index contributed by atoms with van der Waals surface area (Å²) in [6.45, 7) is 4.25. The number of fused-ring (bicyclic) bond motifs is 3. The lowest BCUT2D eigenvalue weighted by Gasteiger charge is -2.20. The molecule has 0 radical (unpaired) electrons. The highest BCUT2D eigenvalue weighted by atomic mass is 32.1. The predicted octanol–water partition coefficient (Wildman–Crippen LogP) is 4.80. The average Bonchev–Trinajstić information content (AvgIpc) is 3.24. The summed E-state index contributed by atoms with van der Waals surface area (Å²) >= 11 is 4.74. The molecule has 4 rings (SSSR count). The van der Waals surface area contributed by atoms with Gasteiger partial charge < -0.3 is 5.32 Å². The van der Waals surface area contributed by atoms with Gasteiger partial charge in [-0.15, -0.1) is 34.0 Å². The summed E-state index contributed by atoms with van der Waals surface area (Å²) in [6.07, 6.45) is 1.99. The highest BCUT2D eigenvalue weighted by Gasteiger charge is 2.22. The van der Waals surface area contributed by atoms with Gasteiger partial charge in [0.05, 0.1) is 16.4 Å². The number of amides is 1. The minimum absolute atomic E-state index is 0.0240. The van der Waals surface area contributed by atoms with Crippen molar-refractivity contribution in [1.29, 1.82) is 0 Å². The fourth-order valence-electron chi connectivity index (χ4n) is 2.61. The van der Waals surface area contributed by atoms with E-state index < -0.39 is 0 Å². The number of imidazole rings is 1. The molecule has 0 saturated heterocycles. The topological polar surface area (TPSA) is 46.4 Å². The molecule has 4 aromatic rings. The minimum Gasteiger partial charge on any atom is -0.343 e. The monoisotopic (exact) mass is 361 g/mol. The van der Waals surface area contributed by atoms with Crippen LogP contribution < -0.4 is 5.32 Å². The molecule has 0 bridgehead atoms. The molecule has 0 aromatic carbocycles. The lowest BCUT2D eigenvalue weighted by molar-refractivity contribution is 0.0930. The van der Waals surface area contributed by atoms with Crippen molar-refractivity contribution in [2.75, 3.05) is 0 Å².